The average Bonchev–Trinajstić information content (AvgIpc) is 3.14. The van der Waals surface area contributed by atoms with Crippen LogP contribution in [0.25, 0.3) is 10.9 Å². The molecule has 7 heteroatoms. The number of hydrogen-bond acceptors (Lipinski definition) is 4. The summed E-state index contributed by atoms with van der Waals surface area (Å²) in [6, 6.07) is 13.9. The molecule has 1 atom stereocenters. The van der Waals surface area contributed by atoms with Crippen molar-refractivity contribution in [2.24, 2.45) is 0 Å². The molecule has 1 heterocycles. The van der Waals surface area contributed by atoms with E-state index < -0.39 is 12.0 Å². The number of methoxy groups -OCH3 is 1. The van der Waals surface area contributed by atoms with Gasteiger partial charge in [0.25, 0.3) is 0 Å². The number of carbonyl (C=O) groups is 3. The van der Waals surface area contributed by atoms with Gasteiger partial charge in [-0.25, -0.2) is 4.79 Å². The summed E-state index contributed by atoms with van der Waals surface area (Å²) in [4.78, 5) is 40.0. The molecular weight excluding hydrogens is 436 g/mol. The molecule has 0 fully saturated rings. The normalized spacial score (nSPS) is 11.8. The molecule has 0 bridgehead atoms. The molecule has 0 unspecified atom stereocenters. The first-order valence-corrected chi connectivity index (χ1v) is 9.98. The third kappa shape index (κ3) is 5.32. The summed E-state index contributed by atoms with van der Waals surface area (Å²) in [6.45, 7) is 0. The van der Waals surface area contributed by atoms with Crippen molar-refractivity contribution >= 4 is 44.5 Å². The largest absolute Gasteiger partial charge is 0.467 e. The Morgan fingerprint density at radius 2 is 1.79 bits per heavy atom. The highest BCUT2D eigenvalue weighted by atomic mass is 79.9. The molecule has 0 radical (unpaired) electrons. The van der Waals surface area contributed by atoms with Gasteiger partial charge in [0.15, 0.2) is 5.78 Å². The van der Waals surface area contributed by atoms with E-state index in [0.717, 1.165) is 20.9 Å². The molecule has 0 spiro atoms. The van der Waals surface area contributed by atoms with Crippen LogP contribution in [-0.4, -0.2) is 35.8 Å². The maximum atomic E-state index is 12.4. The van der Waals surface area contributed by atoms with Crippen LogP contribution in [0.4, 0.5) is 0 Å². The van der Waals surface area contributed by atoms with Crippen LogP contribution in [-0.2, 0) is 20.7 Å². The second-order valence-corrected chi connectivity index (χ2v) is 7.55. The SMILES string of the molecule is COC(=O)[C@H](Cc1c[nH]c2ccccc12)NC(=O)CCC(=O)c1ccc(Br)cc1. The number of amides is 1. The molecule has 0 saturated heterocycles. The summed E-state index contributed by atoms with van der Waals surface area (Å²) in [5.74, 6) is -1.02. The first-order chi connectivity index (χ1) is 14.0. The molecular formula is C22H21BrN2O4. The fourth-order valence-electron chi connectivity index (χ4n) is 3.13. The Morgan fingerprint density at radius 1 is 1.07 bits per heavy atom. The van der Waals surface area contributed by atoms with Crippen molar-refractivity contribution in [1.29, 1.82) is 0 Å². The van der Waals surface area contributed by atoms with Crippen molar-refractivity contribution < 1.29 is 19.1 Å². The first kappa shape index (κ1) is 20.8. The lowest BCUT2D eigenvalue weighted by atomic mass is 10.0. The second-order valence-electron chi connectivity index (χ2n) is 6.64. The van der Waals surface area contributed by atoms with Crippen LogP contribution in [0.2, 0.25) is 0 Å². The fourth-order valence-corrected chi connectivity index (χ4v) is 3.39. The number of ether oxygens (including phenoxy) is 1. The van der Waals surface area contributed by atoms with Gasteiger partial charge in [-0.1, -0.05) is 46.3 Å². The van der Waals surface area contributed by atoms with Gasteiger partial charge in [0.05, 0.1) is 7.11 Å². The lowest BCUT2D eigenvalue weighted by Crippen LogP contribution is -2.43. The first-order valence-electron chi connectivity index (χ1n) is 9.19. The summed E-state index contributed by atoms with van der Waals surface area (Å²) < 4.78 is 5.72. The minimum Gasteiger partial charge on any atom is -0.467 e. The summed E-state index contributed by atoms with van der Waals surface area (Å²) in [7, 11) is 1.29. The van der Waals surface area contributed by atoms with E-state index in [2.05, 4.69) is 26.2 Å². The summed E-state index contributed by atoms with van der Waals surface area (Å²) in [5, 5.41) is 3.69. The number of Topliss-reactive ketones (excluding diaryl/α,β-unsaturated/α-hetero) is 1. The topological polar surface area (TPSA) is 88.3 Å². The van der Waals surface area contributed by atoms with Crippen molar-refractivity contribution in [1.82, 2.24) is 10.3 Å². The zero-order valence-electron chi connectivity index (χ0n) is 15.9. The molecule has 2 aromatic carbocycles. The van der Waals surface area contributed by atoms with Gasteiger partial charge in [0.2, 0.25) is 5.91 Å². The van der Waals surface area contributed by atoms with Gasteiger partial charge in [0.1, 0.15) is 6.04 Å². The third-order valence-corrected chi connectivity index (χ3v) is 5.19. The van der Waals surface area contributed by atoms with E-state index in [1.807, 2.05) is 30.5 Å². The van der Waals surface area contributed by atoms with Crippen LogP contribution < -0.4 is 5.32 Å². The number of ketones is 1. The molecule has 150 valence electrons. The van der Waals surface area contributed by atoms with Gasteiger partial charge in [-0.2, -0.15) is 0 Å². The zero-order chi connectivity index (χ0) is 20.8. The van der Waals surface area contributed by atoms with Gasteiger partial charge < -0.3 is 15.0 Å². The molecule has 3 rings (SSSR count). The summed E-state index contributed by atoms with van der Waals surface area (Å²) in [5.41, 5.74) is 2.41. The monoisotopic (exact) mass is 456 g/mol. The molecule has 0 saturated carbocycles. The van der Waals surface area contributed by atoms with Gasteiger partial charge >= 0.3 is 5.97 Å². The second kappa shape index (κ2) is 9.52. The number of carbonyl (C=O) groups excluding carboxylic acids is 3. The lowest BCUT2D eigenvalue weighted by molar-refractivity contribution is -0.145. The van der Waals surface area contributed by atoms with Crippen molar-refractivity contribution in [3.63, 3.8) is 0 Å². The minimum atomic E-state index is -0.825. The number of H-pyrrole nitrogens is 1. The highest BCUT2D eigenvalue weighted by Crippen LogP contribution is 2.19. The summed E-state index contributed by atoms with van der Waals surface area (Å²) >= 11 is 3.32. The molecule has 1 amide bonds. The van der Waals surface area contributed by atoms with Crippen molar-refractivity contribution in [2.45, 2.75) is 25.3 Å². The highest BCUT2D eigenvalue weighted by Gasteiger charge is 2.23. The van der Waals surface area contributed by atoms with Crippen molar-refractivity contribution in [3.8, 4) is 0 Å². The van der Waals surface area contributed by atoms with E-state index >= 15 is 0 Å². The van der Waals surface area contributed by atoms with Crippen LogP contribution in [0.15, 0.2) is 59.2 Å². The predicted molar refractivity (Wildman–Crippen MR) is 114 cm³/mol. The average molecular weight is 457 g/mol. The number of hydrogen-bond donors (Lipinski definition) is 2. The minimum absolute atomic E-state index is 0.00369. The van der Waals surface area contributed by atoms with Crippen molar-refractivity contribution in [3.05, 3.63) is 70.3 Å². The Kier molecular flexibility index (Phi) is 6.82. The van der Waals surface area contributed by atoms with Crippen LogP contribution >= 0.6 is 15.9 Å². The predicted octanol–water partition coefficient (Wildman–Crippen LogP) is 3.79. The maximum Gasteiger partial charge on any atom is 0.328 e. The van der Waals surface area contributed by atoms with Crippen LogP contribution in [0, 0.1) is 0 Å². The van der Waals surface area contributed by atoms with E-state index in [1.54, 1.807) is 24.3 Å². The number of aromatic amines is 1. The standard InChI is InChI=1S/C22H21BrN2O4/c1-29-22(28)19(12-15-13-24-18-5-3-2-4-17(15)18)25-21(27)11-10-20(26)14-6-8-16(23)9-7-14/h2-9,13,19,24H,10-12H2,1H3,(H,25,27)/t19-/m0/s1. The van der Waals surface area contributed by atoms with E-state index in [9.17, 15) is 14.4 Å². The number of esters is 1. The van der Waals surface area contributed by atoms with Gasteiger partial charge in [-0.15, -0.1) is 0 Å². The number of nitrogens with one attached hydrogen (secondary N) is 2. The number of benzene rings is 2. The number of aromatic nitrogens is 1. The lowest BCUT2D eigenvalue weighted by Gasteiger charge is -2.16. The Hall–Kier alpha value is -2.93. The van der Waals surface area contributed by atoms with Gasteiger partial charge in [-0.05, 0) is 23.8 Å². The molecule has 1 aromatic heterocycles. The molecule has 3 aromatic rings. The number of para-hydroxylation sites is 1. The molecule has 29 heavy (non-hydrogen) atoms. The Morgan fingerprint density at radius 3 is 2.52 bits per heavy atom. The Balaban J connectivity index is 1.62. The van der Waals surface area contributed by atoms with Crippen LogP contribution in [0.5, 0.6) is 0 Å². The molecule has 0 aliphatic rings. The Labute approximate surface area is 176 Å². The van der Waals surface area contributed by atoms with Gasteiger partial charge in [-0.3, -0.25) is 9.59 Å². The molecule has 0 aliphatic heterocycles. The number of fused-ring (bicyclic) bond motifs is 1. The number of halogens is 1. The summed E-state index contributed by atoms with van der Waals surface area (Å²) in [6.07, 6.45) is 2.18. The van der Waals surface area contributed by atoms with Gasteiger partial charge in [0, 0.05) is 46.4 Å². The zero-order valence-corrected chi connectivity index (χ0v) is 17.5. The maximum absolute atomic E-state index is 12.4. The highest BCUT2D eigenvalue weighted by molar-refractivity contribution is 9.10. The number of rotatable bonds is 8. The van der Waals surface area contributed by atoms with E-state index in [1.165, 1.54) is 7.11 Å². The quantitative estimate of drug-likeness (QED) is 0.398. The molecule has 2 N–H and O–H groups in total. The fraction of sp³-hybridized carbons (Fsp3) is 0.227. The van der Waals surface area contributed by atoms with Crippen molar-refractivity contribution in [2.75, 3.05) is 7.11 Å². The van der Waals surface area contributed by atoms with Crippen LogP contribution in [0.3, 0.4) is 0 Å². The van der Waals surface area contributed by atoms with E-state index in [4.69, 9.17) is 4.74 Å². The molecule has 0 aliphatic carbocycles. The van der Waals surface area contributed by atoms with Crippen LogP contribution in [0.1, 0.15) is 28.8 Å². The molecule has 6 nitrogen and oxygen atoms in total. The van der Waals surface area contributed by atoms with E-state index in [0.29, 0.717) is 12.0 Å². The Bertz CT molecular complexity index is 1030. The third-order valence-electron chi connectivity index (χ3n) is 4.67. The van der Waals surface area contributed by atoms with E-state index in [-0.39, 0.29) is 24.5 Å². The smallest absolute Gasteiger partial charge is 0.328 e.